The molecule has 7 heteroatoms. The normalized spacial score (nSPS) is 16.0. The van der Waals surface area contributed by atoms with E-state index in [1.165, 1.54) is 14.0 Å². The van der Waals surface area contributed by atoms with Crippen LogP contribution in [0, 0.1) is 0 Å². The summed E-state index contributed by atoms with van der Waals surface area (Å²) in [5.74, 6) is -0.182. The lowest BCUT2D eigenvalue weighted by Crippen LogP contribution is -1.97. The number of hydrogen-bond acceptors (Lipinski definition) is 5. The molecule has 0 bridgehead atoms. The van der Waals surface area contributed by atoms with Gasteiger partial charge in [0.15, 0.2) is 8.38 Å². The molecule has 0 aliphatic carbocycles. The van der Waals surface area contributed by atoms with E-state index < -0.39 is 17.0 Å². The molecule has 0 aromatic carbocycles. The molecular formula is C4H10O5P2. The van der Waals surface area contributed by atoms with Gasteiger partial charge in [-0.1, -0.05) is 0 Å². The first-order valence-corrected chi connectivity index (χ1v) is 5.26. The lowest BCUT2D eigenvalue weighted by atomic mass is 10.5. The second kappa shape index (κ2) is 5.95. The van der Waals surface area contributed by atoms with E-state index >= 15 is 0 Å². The van der Waals surface area contributed by atoms with Crippen LogP contribution in [0.4, 0.5) is 0 Å². The SMILES string of the molecule is COP(O)OP(O)CC(C)=O. The summed E-state index contributed by atoms with van der Waals surface area (Å²) in [6, 6.07) is 0. The van der Waals surface area contributed by atoms with Crippen LogP contribution < -0.4 is 0 Å². The number of rotatable bonds is 5. The Morgan fingerprint density at radius 3 is 2.45 bits per heavy atom. The van der Waals surface area contributed by atoms with Gasteiger partial charge >= 0.3 is 8.60 Å². The van der Waals surface area contributed by atoms with Crippen LogP contribution in [0.1, 0.15) is 6.92 Å². The molecule has 0 aromatic rings. The largest absolute Gasteiger partial charge is 0.349 e. The van der Waals surface area contributed by atoms with Crippen molar-refractivity contribution < 1.29 is 23.4 Å². The lowest BCUT2D eigenvalue weighted by Gasteiger charge is -2.10. The summed E-state index contributed by atoms with van der Waals surface area (Å²) in [6.07, 6.45) is -0.0713. The third-order valence-corrected chi connectivity index (χ3v) is 3.02. The van der Waals surface area contributed by atoms with Gasteiger partial charge in [-0.3, -0.25) is 9.11 Å². The van der Waals surface area contributed by atoms with Crippen LogP contribution in [0.2, 0.25) is 0 Å². The molecular weight excluding hydrogens is 190 g/mol. The van der Waals surface area contributed by atoms with Crippen LogP contribution in [0.5, 0.6) is 0 Å². The summed E-state index contributed by atoms with van der Waals surface area (Å²) in [5.41, 5.74) is 0. The summed E-state index contributed by atoms with van der Waals surface area (Å²) in [6.45, 7) is 1.33. The highest BCUT2D eigenvalue weighted by atomic mass is 31.2. The van der Waals surface area contributed by atoms with E-state index in [1.807, 2.05) is 0 Å². The van der Waals surface area contributed by atoms with Gasteiger partial charge in [0.25, 0.3) is 0 Å². The number of ketones is 1. The second-order valence-electron chi connectivity index (χ2n) is 1.71. The first-order valence-electron chi connectivity index (χ1n) is 2.73. The molecule has 0 radical (unpaired) electrons. The first-order chi connectivity index (χ1) is 5.06. The van der Waals surface area contributed by atoms with E-state index in [4.69, 9.17) is 9.79 Å². The van der Waals surface area contributed by atoms with Crippen molar-refractivity contribution in [1.29, 1.82) is 0 Å². The summed E-state index contributed by atoms with van der Waals surface area (Å²) in [4.78, 5) is 28.0. The quantitative estimate of drug-likeness (QED) is 0.640. The Hall–Kier alpha value is 0.370. The van der Waals surface area contributed by atoms with E-state index in [-0.39, 0.29) is 11.9 Å². The smallest absolute Gasteiger partial charge is 0.335 e. The standard InChI is InChI=1S/C4H10O5P2/c1-4(5)3-10(6)9-11(7)8-2/h6-7H,3H2,1-2H3. The summed E-state index contributed by atoms with van der Waals surface area (Å²) < 4.78 is 8.85. The Labute approximate surface area is 67.2 Å². The average Bonchev–Trinajstić information content (AvgIpc) is 1.85. The van der Waals surface area contributed by atoms with Gasteiger partial charge in [0, 0.05) is 7.11 Å². The maximum atomic E-state index is 10.4. The molecule has 66 valence electrons. The van der Waals surface area contributed by atoms with Crippen molar-refractivity contribution in [1.82, 2.24) is 0 Å². The predicted molar refractivity (Wildman–Crippen MR) is 41.9 cm³/mol. The molecule has 0 aromatic heterocycles. The zero-order valence-corrected chi connectivity index (χ0v) is 8.01. The Bertz CT molecular complexity index is 130. The third-order valence-electron chi connectivity index (χ3n) is 0.678. The Morgan fingerprint density at radius 1 is 1.55 bits per heavy atom. The van der Waals surface area contributed by atoms with Gasteiger partial charge in [-0.25, -0.2) is 0 Å². The number of carbonyl (C=O) groups excluding carboxylic acids is 1. The molecule has 2 unspecified atom stereocenters. The van der Waals surface area contributed by atoms with E-state index in [0.717, 1.165) is 0 Å². The fourth-order valence-electron chi connectivity index (χ4n) is 0.333. The molecule has 0 saturated heterocycles. The van der Waals surface area contributed by atoms with Crippen LogP contribution >= 0.6 is 17.0 Å². The zero-order chi connectivity index (χ0) is 8.85. The molecule has 0 spiro atoms. The summed E-state index contributed by atoms with van der Waals surface area (Å²) in [5, 5.41) is 0. The average molecular weight is 200 g/mol. The van der Waals surface area contributed by atoms with E-state index in [1.54, 1.807) is 0 Å². The molecule has 0 amide bonds. The van der Waals surface area contributed by atoms with Gasteiger partial charge in [-0.05, 0) is 6.92 Å². The van der Waals surface area contributed by atoms with Crippen LogP contribution in [-0.4, -0.2) is 28.8 Å². The molecule has 0 aliphatic rings. The van der Waals surface area contributed by atoms with Crippen molar-refractivity contribution >= 4 is 22.8 Å². The van der Waals surface area contributed by atoms with Gasteiger partial charge in [0.1, 0.15) is 5.78 Å². The Kier molecular flexibility index (Phi) is 6.15. The first kappa shape index (κ1) is 11.4. The van der Waals surface area contributed by atoms with Crippen LogP contribution in [0.3, 0.4) is 0 Å². The molecule has 2 atom stereocenters. The molecule has 0 aliphatic heterocycles. The summed E-state index contributed by atoms with van der Waals surface area (Å²) in [7, 11) is -2.63. The predicted octanol–water partition coefficient (Wildman–Crippen LogP) is 0.762. The number of Topliss-reactive ketones (excluding diaryl/α,β-unsaturated/α-hetero) is 1. The number of carbonyl (C=O) groups is 1. The molecule has 11 heavy (non-hydrogen) atoms. The van der Waals surface area contributed by atoms with E-state index in [2.05, 4.69) is 8.83 Å². The van der Waals surface area contributed by atoms with Crippen molar-refractivity contribution in [2.24, 2.45) is 0 Å². The van der Waals surface area contributed by atoms with Crippen molar-refractivity contribution in [3.05, 3.63) is 0 Å². The van der Waals surface area contributed by atoms with Crippen LogP contribution in [0.25, 0.3) is 0 Å². The molecule has 2 N–H and O–H groups in total. The number of hydrogen-bond donors (Lipinski definition) is 2. The minimum atomic E-state index is -2.02. The molecule has 0 rings (SSSR count). The van der Waals surface area contributed by atoms with Crippen LogP contribution in [0.15, 0.2) is 0 Å². The fraction of sp³-hybridized carbons (Fsp3) is 0.750. The van der Waals surface area contributed by atoms with E-state index in [9.17, 15) is 4.79 Å². The van der Waals surface area contributed by atoms with Gasteiger partial charge in [0.2, 0.25) is 0 Å². The van der Waals surface area contributed by atoms with Gasteiger partial charge in [0.05, 0.1) is 6.16 Å². The second-order valence-corrected chi connectivity index (χ2v) is 4.23. The maximum Gasteiger partial charge on any atom is 0.335 e. The highest BCUT2D eigenvalue weighted by Crippen LogP contribution is 2.47. The topological polar surface area (TPSA) is 76.0 Å². The molecule has 0 fully saturated rings. The highest BCUT2D eigenvalue weighted by Gasteiger charge is 2.14. The van der Waals surface area contributed by atoms with Crippen molar-refractivity contribution in [2.45, 2.75) is 6.92 Å². The maximum absolute atomic E-state index is 10.4. The zero-order valence-electron chi connectivity index (χ0n) is 6.22. The summed E-state index contributed by atoms with van der Waals surface area (Å²) >= 11 is 0. The van der Waals surface area contributed by atoms with E-state index in [0.29, 0.717) is 0 Å². The monoisotopic (exact) mass is 200 g/mol. The molecule has 5 nitrogen and oxygen atoms in total. The fourth-order valence-corrected chi connectivity index (χ4v) is 1.86. The van der Waals surface area contributed by atoms with Gasteiger partial charge in [-0.2, -0.15) is 0 Å². The Balaban J connectivity index is 3.51. The lowest BCUT2D eigenvalue weighted by molar-refractivity contribution is -0.114. The molecule has 0 heterocycles. The van der Waals surface area contributed by atoms with Gasteiger partial charge < -0.3 is 14.3 Å². The molecule has 0 saturated carbocycles. The minimum absolute atomic E-state index is 0.0713. The van der Waals surface area contributed by atoms with Gasteiger partial charge in [-0.15, -0.1) is 0 Å². The van der Waals surface area contributed by atoms with Crippen molar-refractivity contribution in [3.63, 3.8) is 0 Å². The van der Waals surface area contributed by atoms with Crippen molar-refractivity contribution in [3.8, 4) is 0 Å². The third kappa shape index (κ3) is 6.76. The highest BCUT2D eigenvalue weighted by molar-refractivity contribution is 7.58. The minimum Gasteiger partial charge on any atom is -0.349 e. The van der Waals surface area contributed by atoms with Crippen LogP contribution in [-0.2, 0) is 13.6 Å². The van der Waals surface area contributed by atoms with Crippen molar-refractivity contribution in [2.75, 3.05) is 13.3 Å². The Morgan fingerprint density at radius 2 is 2.09 bits per heavy atom.